The smallest absolute Gasteiger partial charge is 0.141 e. The first-order valence-electron chi connectivity index (χ1n) is 15.0. The van der Waals surface area contributed by atoms with E-state index in [1.54, 1.807) is 28.4 Å². The lowest BCUT2D eigenvalue weighted by atomic mass is 10.1. The van der Waals surface area contributed by atoms with E-state index in [1.165, 1.54) is 0 Å². The van der Waals surface area contributed by atoms with Gasteiger partial charge in [-0.1, -0.05) is 42.5 Å². The highest BCUT2D eigenvalue weighted by Crippen LogP contribution is 2.33. The van der Waals surface area contributed by atoms with Crippen LogP contribution in [0.5, 0.6) is 23.0 Å². The van der Waals surface area contributed by atoms with Crippen molar-refractivity contribution in [3.05, 3.63) is 120 Å². The van der Waals surface area contributed by atoms with Gasteiger partial charge in [0.25, 0.3) is 0 Å². The standard InChI is InChI=1S/C38H34N4O4/c1-43-29-16-25(17-30(21-29)44-2)23-41-35-14-7-5-12-33(35)39-37(41)27-10-9-11-28(20-27)38-40-34-13-6-8-15-36(34)42(38)24-26-18-31(45-3)22-32(19-26)46-4/h5-22H,23-24H2,1-4H3. The number of rotatable bonds is 10. The summed E-state index contributed by atoms with van der Waals surface area (Å²) in [4.78, 5) is 10.2. The van der Waals surface area contributed by atoms with E-state index >= 15 is 0 Å². The molecule has 0 amide bonds. The van der Waals surface area contributed by atoms with Crippen LogP contribution >= 0.6 is 0 Å². The quantitative estimate of drug-likeness (QED) is 0.157. The first-order chi connectivity index (χ1) is 22.6. The molecule has 0 aliphatic rings. The minimum Gasteiger partial charge on any atom is -0.497 e. The van der Waals surface area contributed by atoms with Crippen LogP contribution in [0, 0.1) is 0 Å². The largest absolute Gasteiger partial charge is 0.497 e. The minimum absolute atomic E-state index is 0.587. The highest BCUT2D eigenvalue weighted by atomic mass is 16.5. The van der Waals surface area contributed by atoms with Crippen molar-refractivity contribution in [2.45, 2.75) is 13.1 Å². The van der Waals surface area contributed by atoms with Gasteiger partial charge in [-0.15, -0.1) is 0 Å². The normalized spacial score (nSPS) is 11.2. The highest BCUT2D eigenvalue weighted by Gasteiger charge is 2.18. The number of nitrogens with zero attached hydrogens (tertiary/aromatic N) is 4. The number of aromatic nitrogens is 4. The predicted octanol–water partition coefficient (Wildman–Crippen LogP) is 7.85. The molecule has 0 aliphatic heterocycles. The number of para-hydroxylation sites is 4. The van der Waals surface area contributed by atoms with Gasteiger partial charge < -0.3 is 28.1 Å². The monoisotopic (exact) mass is 610 g/mol. The Hall–Kier alpha value is -5.76. The average Bonchev–Trinajstić information content (AvgIpc) is 3.66. The molecule has 2 aromatic heterocycles. The molecule has 2 heterocycles. The molecule has 7 rings (SSSR count). The molecule has 0 aliphatic carbocycles. The fourth-order valence-corrected chi connectivity index (χ4v) is 5.99. The summed E-state index contributed by atoms with van der Waals surface area (Å²) < 4.78 is 26.7. The fraction of sp³-hybridized carbons (Fsp3) is 0.158. The van der Waals surface area contributed by atoms with Crippen LogP contribution in [0.1, 0.15) is 11.1 Å². The molecule has 8 nitrogen and oxygen atoms in total. The minimum atomic E-state index is 0.587. The summed E-state index contributed by atoms with van der Waals surface area (Å²) in [6.07, 6.45) is 0. The Morgan fingerprint density at radius 1 is 0.457 bits per heavy atom. The third-order valence-electron chi connectivity index (χ3n) is 8.19. The molecule has 8 heteroatoms. The second kappa shape index (κ2) is 12.3. The molecule has 0 N–H and O–H groups in total. The van der Waals surface area contributed by atoms with E-state index in [0.717, 1.165) is 79.0 Å². The summed E-state index contributed by atoms with van der Waals surface area (Å²) in [6, 6.07) is 36.8. The molecule has 0 atom stereocenters. The number of methoxy groups -OCH3 is 4. The van der Waals surface area contributed by atoms with Gasteiger partial charge in [0.1, 0.15) is 34.6 Å². The molecular formula is C38H34N4O4. The van der Waals surface area contributed by atoms with Crippen LogP contribution in [0.25, 0.3) is 44.8 Å². The zero-order chi connectivity index (χ0) is 31.6. The molecule has 7 aromatic rings. The summed E-state index contributed by atoms with van der Waals surface area (Å²) in [5.74, 6) is 4.71. The van der Waals surface area contributed by atoms with E-state index in [-0.39, 0.29) is 0 Å². The van der Waals surface area contributed by atoms with E-state index in [1.807, 2.05) is 72.8 Å². The maximum Gasteiger partial charge on any atom is 0.141 e. The van der Waals surface area contributed by atoms with Crippen molar-refractivity contribution in [3.8, 4) is 45.8 Å². The van der Waals surface area contributed by atoms with E-state index in [4.69, 9.17) is 28.9 Å². The molecule has 5 aromatic carbocycles. The number of ether oxygens (including phenoxy) is 4. The van der Waals surface area contributed by atoms with Gasteiger partial charge >= 0.3 is 0 Å². The van der Waals surface area contributed by atoms with Gasteiger partial charge in [0, 0.05) is 36.3 Å². The van der Waals surface area contributed by atoms with Crippen LogP contribution < -0.4 is 18.9 Å². The third-order valence-corrected chi connectivity index (χ3v) is 8.19. The summed E-state index contributed by atoms with van der Waals surface area (Å²) in [5, 5.41) is 0. The van der Waals surface area contributed by atoms with Crippen molar-refractivity contribution in [2.75, 3.05) is 28.4 Å². The van der Waals surface area contributed by atoms with Crippen LogP contribution in [-0.2, 0) is 13.1 Å². The maximum atomic E-state index is 5.56. The number of fused-ring (bicyclic) bond motifs is 2. The summed E-state index contributed by atoms with van der Waals surface area (Å²) in [7, 11) is 6.67. The van der Waals surface area contributed by atoms with Crippen molar-refractivity contribution >= 4 is 22.1 Å². The van der Waals surface area contributed by atoms with E-state index < -0.39 is 0 Å². The first-order valence-corrected chi connectivity index (χ1v) is 15.0. The predicted molar refractivity (Wildman–Crippen MR) is 181 cm³/mol. The average molecular weight is 611 g/mol. The second-order valence-electron chi connectivity index (χ2n) is 11.0. The molecule has 230 valence electrons. The Morgan fingerprint density at radius 2 is 0.848 bits per heavy atom. The Balaban J connectivity index is 1.34. The highest BCUT2D eigenvalue weighted by molar-refractivity contribution is 5.84. The lowest BCUT2D eigenvalue weighted by Gasteiger charge is -2.14. The number of benzene rings is 5. The summed E-state index contributed by atoms with van der Waals surface area (Å²) >= 11 is 0. The molecular weight excluding hydrogens is 576 g/mol. The maximum absolute atomic E-state index is 5.56. The van der Waals surface area contributed by atoms with Crippen molar-refractivity contribution in [2.24, 2.45) is 0 Å². The van der Waals surface area contributed by atoms with Crippen LogP contribution in [0.2, 0.25) is 0 Å². The fourth-order valence-electron chi connectivity index (χ4n) is 5.99. The lowest BCUT2D eigenvalue weighted by Crippen LogP contribution is -2.04. The van der Waals surface area contributed by atoms with Crippen LogP contribution in [0.4, 0.5) is 0 Å². The Labute approximate surface area is 267 Å². The Bertz CT molecular complexity index is 1990. The van der Waals surface area contributed by atoms with Crippen LogP contribution in [0.15, 0.2) is 109 Å². The SMILES string of the molecule is COc1cc(Cn2c(-c3cccc(-c4nc5ccccc5n4Cc4cc(OC)cc(OC)c4)c3)nc3ccccc32)cc(OC)c1. The zero-order valence-electron chi connectivity index (χ0n) is 26.2. The van der Waals surface area contributed by atoms with Gasteiger partial charge in [-0.2, -0.15) is 0 Å². The lowest BCUT2D eigenvalue weighted by molar-refractivity contribution is 0.393. The molecule has 0 fully saturated rings. The number of hydrogen-bond donors (Lipinski definition) is 0. The molecule has 0 saturated heterocycles. The van der Waals surface area contributed by atoms with Gasteiger partial charge in [0.2, 0.25) is 0 Å². The van der Waals surface area contributed by atoms with Gasteiger partial charge in [0.05, 0.1) is 50.5 Å². The molecule has 0 spiro atoms. The van der Waals surface area contributed by atoms with Crippen LogP contribution in [-0.4, -0.2) is 47.5 Å². The van der Waals surface area contributed by atoms with Gasteiger partial charge in [-0.3, -0.25) is 0 Å². The third kappa shape index (κ3) is 5.49. The molecule has 0 saturated carbocycles. The van der Waals surface area contributed by atoms with E-state index in [2.05, 4.69) is 45.5 Å². The van der Waals surface area contributed by atoms with Crippen molar-refractivity contribution in [3.63, 3.8) is 0 Å². The molecule has 0 unspecified atom stereocenters. The summed E-state index contributed by atoms with van der Waals surface area (Å²) in [6.45, 7) is 1.17. The Kier molecular flexibility index (Phi) is 7.76. The topological polar surface area (TPSA) is 72.6 Å². The van der Waals surface area contributed by atoms with E-state index in [9.17, 15) is 0 Å². The number of hydrogen-bond acceptors (Lipinski definition) is 6. The van der Waals surface area contributed by atoms with Crippen molar-refractivity contribution in [1.82, 2.24) is 19.1 Å². The second-order valence-corrected chi connectivity index (χ2v) is 11.0. The van der Waals surface area contributed by atoms with Crippen molar-refractivity contribution in [1.29, 1.82) is 0 Å². The van der Waals surface area contributed by atoms with Gasteiger partial charge in [-0.05, 0) is 65.7 Å². The molecule has 0 bridgehead atoms. The van der Waals surface area contributed by atoms with E-state index in [0.29, 0.717) is 13.1 Å². The van der Waals surface area contributed by atoms with Crippen LogP contribution in [0.3, 0.4) is 0 Å². The summed E-state index contributed by atoms with van der Waals surface area (Å²) in [5.41, 5.74) is 8.02. The van der Waals surface area contributed by atoms with Crippen molar-refractivity contribution < 1.29 is 18.9 Å². The van der Waals surface area contributed by atoms with Gasteiger partial charge in [-0.25, -0.2) is 9.97 Å². The molecule has 0 radical (unpaired) electrons. The molecule has 46 heavy (non-hydrogen) atoms. The number of imidazole rings is 2. The Morgan fingerprint density at radius 3 is 1.24 bits per heavy atom. The van der Waals surface area contributed by atoms with Gasteiger partial charge in [0.15, 0.2) is 0 Å². The zero-order valence-corrected chi connectivity index (χ0v) is 26.2. The first kappa shape index (κ1) is 29.0.